The van der Waals surface area contributed by atoms with Gasteiger partial charge in [-0.1, -0.05) is 0 Å². The Kier molecular flexibility index (Phi) is 4.21. The number of rotatable bonds is 2. The summed E-state index contributed by atoms with van der Waals surface area (Å²) >= 11 is 0. The maximum atomic E-state index is 12.4. The van der Waals surface area contributed by atoms with E-state index in [1.54, 1.807) is 18.3 Å². The molecular weight excluding hydrogens is 322 g/mol. The molecule has 0 aromatic carbocycles. The summed E-state index contributed by atoms with van der Waals surface area (Å²) in [7, 11) is 0. The number of carbonyl (C=O) groups excluding carboxylic acids is 2. The van der Waals surface area contributed by atoms with E-state index in [1.165, 1.54) is 4.52 Å². The van der Waals surface area contributed by atoms with Crippen molar-refractivity contribution < 1.29 is 9.59 Å². The molecule has 9 nitrogen and oxygen atoms in total. The van der Waals surface area contributed by atoms with E-state index in [0.717, 1.165) is 38.8 Å². The van der Waals surface area contributed by atoms with Gasteiger partial charge in [0.25, 0.3) is 5.91 Å². The van der Waals surface area contributed by atoms with E-state index in [1.807, 2.05) is 9.80 Å². The molecule has 0 bridgehead atoms. The molecule has 4 heterocycles. The maximum absolute atomic E-state index is 12.4. The predicted octanol–water partition coefficient (Wildman–Crippen LogP) is 0.534. The van der Waals surface area contributed by atoms with Crippen LogP contribution in [0.2, 0.25) is 0 Å². The molecule has 0 radical (unpaired) electrons. The normalized spacial score (nSPS) is 18.7. The molecule has 3 amide bonds. The molecule has 2 saturated heterocycles. The number of piperidine rings is 1. The van der Waals surface area contributed by atoms with Crippen molar-refractivity contribution in [3.8, 4) is 0 Å². The third-order valence-electron chi connectivity index (χ3n) is 4.94. The summed E-state index contributed by atoms with van der Waals surface area (Å²) in [5.74, 6) is -0.130. The van der Waals surface area contributed by atoms with Crippen molar-refractivity contribution in [1.29, 1.82) is 0 Å². The lowest BCUT2D eigenvalue weighted by atomic mass is 10.0. The largest absolute Gasteiger partial charge is 0.349 e. The highest BCUT2D eigenvalue weighted by molar-refractivity contribution is 5.95. The smallest absolute Gasteiger partial charge is 0.319 e. The van der Waals surface area contributed by atoms with Crippen molar-refractivity contribution in [1.82, 2.24) is 35.2 Å². The number of fused-ring (bicyclic) bond motifs is 1. The summed E-state index contributed by atoms with van der Waals surface area (Å²) in [6.45, 7) is 3.12. The molecule has 0 aliphatic carbocycles. The topological polar surface area (TPSA) is 95.7 Å². The van der Waals surface area contributed by atoms with Gasteiger partial charge in [0.1, 0.15) is 0 Å². The molecule has 0 spiro atoms. The minimum atomic E-state index is -0.130. The molecule has 0 unspecified atom stereocenters. The van der Waals surface area contributed by atoms with Crippen LogP contribution in [0, 0.1) is 0 Å². The second-order valence-corrected chi connectivity index (χ2v) is 6.61. The first kappa shape index (κ1) is 15.8. The molecule has 2 aliphatic rings. The fourth-order valence-electron chi connectivity index (χ4n) is 3.47. The zero-order chi connectivity index (χ0) is 17.2. The Balaban J connectivity index is 1.31. The molecule has 2 aromatic rings. The second-order valence-electron chi connectivity index (χ2n) is 6.61. The van der Waals surface area contributed by atoms with Gasteiger partial charge in [-0.3, -0.25) is 4.79 Å². The van der Waals surface area contributed by atoms with Crippen molar-refractivity contribution in [2.75, 3.05) is 26.2 Å². The van der Waals surface area contributed by atoms with E-state index in [2.05, 4.69) is 20.8 Å². The van der Waals surface area contributed by atoms with Crippen LogP contribution in [0.15, 0.2) is 18.3 Å². The minimum absolute atomic E-state index is 0.0855. The number of amides is 3. The average Bonchev–Trinajstić information content (AvgIpc) is 3.32. The van der Waals surface area contributed by atoms with Crippen molar-refractivity contribution in [2.24, 2.45) is 0 Å². The lowest BCUT2D eigenvalue weighted by Gasteiger charge is -2.34. The van der Waals surface area contributed by atoms with E-state index in [0.29, 0.717) is 24.3 Å². The van der Waals surface area contributed by atoms with Crippen LogP contribution in [0.25, 0.3) is 5.65 Å². The van der Waals surface area contributed by atoms with E-state index < -0.39 is 0 Å². The van der Waals surface area contributed by atoms with Gasteiger partial charge >= 0.3 is 6.03 Å². The van der Waals surface area contributed by atoms with Crippen LogP contribution in [0.3, 0.4) is 0 Å². The first-order chi connectivity index (χ1) is 12.2. The monoisotopic (exact) mass is 343 g/mol. The van der Waals surface area contributed by atoms with Crippen LogP contribution >= 0.6 is 0 Å². The number of tetrazole rings is 1. The summed E-state index contributed by atoms with van der Waals surface area (Å²) in [6.07, 6.45) is 5.43. The van der Waals surface area contributed by atoms with Crippen LogP contribution in [0.1, 0.15) is 36.0 Å². The van der Waals surface area contributed by atoms with E-state index in [4.69, 9.17) is 0 Å². The molecule has 9 heteroatoms. The number of nitrogens with one attached hydrogen (secondary N) is 1. The van der Waals surface area contributed by atoms with Crippen LogP contribution in [-0.4, -0.2) is 74.0 Å². The average molecular weight is 343 g/mol. The molecule has 0 saturated carbocycles. The van der Waals surface area contributed by atoms with Crippen LogP contribution in [-0.2, 0) is 0 Å². The number of urea groups is 1. The Labute approximate surface area is 145 Å². The van der Waals surface area contributed by atoms with Gasteiger partial charge in [-0.15, -0.1) is 5.10 Å². The highest BCUT2D eigenvalue weighted by Gasteiger charge is 2.28. The van der Waals surface area contributed by atoms with Gasteiger partial charge in [0.05, 0.1) is 0 Å². The molecule has 25 heavy (non-hydrogen) atoms. The molecule has 4 rings (SSSR count). The van der Waals surface area contributed by atoms with Crippen molar-refractivity contribution in [3.63, 3.8) is 0 Å². The highest BCUT2D eigenvalue weighted by Crippen LogP contribution is 2.16. The number of nitrogens with zero attached hydrogens (tertiary/aromatic N) is 6. The first-order valence-corrected chi connectivity index (χ1v) is 8.73. The number of aromatic nitrogens is 4. The van der Waals surface area contributed by atoms with Gasteiger partial charge in [-0.2, -0.15) is 0 Å². The molecule has 2 aromatic heterocycles. The summed E-state index contributed by atoms with van der Waals surface area (Å²) in [6, 6.07) is 3.60. The summed E-state index contributed by atoms with van der Waals surface area (Å²) in [4.78, 5) is 28.7. The molecular formula is C16H21N7O2. The van der Waals surface area contributed by atoms with Crippen LogP contribution in [0.4, 0.5) is 4.79 Å². The Bertz CT molecular complexity index is 776. The van der Waals surface area contributed by atoms with Crippen molar-refractivity contribution in [2.45, 2.75) is 31.7 Å². The standard InChI is InChI=1S/C16H21N7O2/c24-15(12-3-10-23-14(11-12)18-19-20-23)17-13-4-8-22(9-5-13)16(25)21-6-1-2-7-21/h3,10-11,13H,1-2,4-9H2,(H,17,24). The quantitative estimate of drug-likeness (QED) is 0.858. The minimum Gasteiger partial charge on any atom is -0.349 e. The number of hydrogen-bond donors (Lipinski definition) is 1. The Morgan fingerprint density at radius 3 is 2.56 bits per heavy atom. The lowest BCUT2D eigenvalue weighted by molar-refractivity contribution is 0.0912. The summed E-state index contributed by atoms with van der Waals surface area (Å²) in [5.41, 5.74) is 1.08. The van der Waals surface area contributed by atoms with Gasteiger partial charge in [0.15, 0.2) is 5.65 Å². The van der Waals surface area contributed by atoms with Crippen LogP contribution in [0.5, 0.6) is 0 Å². The predicted molar refractivity (Wildman–Crippen MR) is 89.0 cm³/mol. The summed E-state index contributed by atoms with van der Waals surface area (Å²) in [5, 5.41) is 14.2. The zero-order valence-corrected chi connectivity index (χ0v) is 14.0. The number of carbonyl (C=O) groups is 2. The lowest BCUT2D eigenvalue weighted by Crippen LogP contribution is -2.50. The van der Waals surface area contributed by atoms with E-state index in [-0.39, 0.29) is 18.0 Å². The molecule has 1 N–H and O–H groups in total. The molecule has 2 aliphatic heterocycles. The van der Waals surface area contributed by atoms with Gasteiger partial charge in [0, 0.05) is 44.0 Å². The first-order valence-electron chi connectivity index (χ1n) is 8.73. The van der Waals surface area contributed by atoms with E-state index in [9.17, 15) is 9.59 Å². The number of likely N-dealkylation sites (tertiary alicyclic amines) is 2. The Morgan fingerprint density at radius 2 is 1.80 bits per heavy atom. The number of hydrogen-bond acceptors (Lipinski definition) is 5. The summed E-state index contributed by atoms with van der Waals surface area (Å²) < 4.78 is 1.51. The fourth-order valence-corrected chi connectivity index (χ4v) is 3.47. The van der Waals surface area contributed by atoms with Gasteiger partial charge in [-0.05, 0) is 48.2 Å². The molecule has 0 atom stereocenters. The van der Waals surface area contributed by atoms with Crippen molar-refractivity contribution in [3.05, 3.63) is 23.9 Å². The van der Waals surface area contributed by atoms with E-state index >= 15 is 0 Å². The van der Waals surface area contributed by atoms with Gasteiger partial charge in [0.2, 0.25) is 0 Å². The Hall–Kier alpha value is -2.71. The zero-order valence-electron chi connectivity index (χ0n) is 14.0. The number of pyridine rings is 1. The highest BCUT2D eigenvalue weighted by atomic mass is 16.2. The third-order valence-corrected chi connectivity index (χ3v) is 4.94. The fraction of sp³-hybridized carbons (Fsp3) is 0.562. The Morgan fingerprint density at radius 1 is 1.08 bits per heavy atom. The molecule has 2 fully saturated rings. The van der Waals surface area contributed by atoms with Gasteiger partial charge in [-0.25, -0.2) is 9.31 Å². The SMILES string of the molecule is O=C(NC1CCN(C(=O)N2CCCC2)CC1)c1ccn2nnnc2c1. The second kappa shape index (κ2) is 6.66. The molecule has 132 valence electrons. The van der Waals surface area contributed by atoms with Gasteiger partial charge < -0.3 is 15.1 Å². The van der Waals surface area contributed by atoms with Crippen LogP contribution < -0.4 is 5.32 Å². The third kappa shape index (κ3) is 3.26. The maximum Gasteiger partial charge on any atom is 0.319 e. The van der Waals surface area contributed by atoms with Crippen molar-refractivity contribution >= 4 is 17.6 Å².